The summed E-state index contributed by atoms with van der Waals surface area (Å²) < 4.78 is 25.4. The Labute approximate surface area is 170 Å². The maximum atomic E-state index is 12.1. The molecule has 0 bridgehead atoms. The van der Waals surface area contributed by atoms with Crippen LogP contribution in [-0.4, -0.2) is 27.1 Å². The van der Waals surface area contributed by atoms with Gasteiger partial charge in [0.1, 0.15) is 0 Å². The van der Waals surface area contributed by atoms with E-state index < -0.39 is 10.0 Å². The molecule has 0 heterocycles. The van der Waals surface area contributed by atoms with E-state index in [0.29, 0.717) is 23.7 Å². The molecule has 0 fully saturated rings. The molecule has 0 radical (unpaired) electrons. The summed E-state index contributed by atoms with van der Waals surface area (Å²) in [7, 11) is -3.51. The van der Waals surface area contributed by atoms with Crippen molar-refractivity contribution < 1.29 is 13.2 Å². The lowest BCUT2D eigenvalue weighted by Gasteiger charge is -2.22. The number of carbonyl (C=O) groups excluding carboxylic acids is 1. The van der Waals surface area contributed by atoms with E-state index in [0.717, 1.165) is 17.4 Å². The second-order valence-electron chi connectivity index (χ2n) is 6.30. The zero-order valence-corrected chi connectivity index (χ0v) is 17.5. The highest BCUT2D eigenvalue weighted by Gasteiger charge is 2.18. The fourth-order valence-corrected chi connectivity index (χ4v) is 3.87. The smallest absolute Gasteiger partial charge is 0.232 e. The van der Waals surface area contributed by atoms with Gasteiger partial charge in [-0.25, -0.2) is 8.42 Å². The van der Waals surface area contributed by atoms with E-state index in [4.69, 9.17) is 23.2 Å². The van der Waals surface area contributed by atoms with Crippen molar-refractivity contribution in [2.75, 3.05) is 17.1 Å². The Kier molecular flexibility index (Phi) is 7.53. The molecule has 27 heavy (non-hydrogen) atoms. The van der Waals surface area contributed by atoms with Crippen LogP contribution in [0.25, 0.3) is 0 Å². The molecule has 0 spiro atoms. The van der Waals surface area contributed by atoms with Crippen molar-refractivity contribution in [1.29, 1.82) is 0 Å². The summed E-state index contributed by atoms with van der Waals surface area (Å²) in [5.74, 6) is -0.126. The van der Waals surface area contributed by atoms with Crippen molar-refractivity contribution in [1.82, 2.24) is 5.32 Å². The molecule has 2 aromatic rings. The lowest BCUT2D eigenvalue weighted by Crippen LogP contribution is -2.32. The average molecular weight is 429 g/mol. The van der Waals surface area contributed by atoms with Crippen LogP contribution in [0, 0.1) is 6.92 Å². The van der Waals surface area contributed by atoms with E-state index in [2.05, 4.69) is 5.32 Å². The first-order chi connectivity index (χ1) is 12.7. The predicted molar refractivity (Wildman–Crippen MR) is 111 cm³/mol. The number of rotatable bonds is 8. The molecule has 0 saturated heterocycles. The van der Waals surface area contributed by atoms with Gasteiger partial charge in [-0.3, -0.25) is 9.10 Å². The molecule has 0 atom stereocenters. The molecular formula is C19H22Cl2N2O3S. The number of hydrogen-bond acceptors (Lipinski definition) is 3. The normalized spacial score (nSPS) is 11.3. The third-order valence-corrected chi connectivity index (χ3v) is 5.86. The standard InChI is InChI=1S/C19H22Cl2N2O3S/c1-14-5-3-6-15(11-14)13-22-19(24)7-4-10-23(27(2,25)26)16-8-9-17(20)18(21)12-16/h3,5-6,8-9,11-12H,4,7,10,13H2,1-2H3,(H,22,24). The van der Waals surface area contributed by atoms with Gasteiger partial charge in [-0.05, 0) is 37.1 Å². The number of halogens is 2. The largest absolute Gasteiger partial charge is 0.352 e. The molecule has 0 aliphatic carbocycles. The molecule has 8 heteroatoms. The molecule has 0 aliphatic rings. The summed E-state index contributed by atoms with van der Waals surface area (Å²) in [4.78, 5) is 12.1. The van der Waals surface area contributed by atoms with Gasteiger partial charge in [-0.2, -0.15) is 0 Å². The van der Waals surface area contributed by atoms with Crippen LogP contribution < -0.4 is 9.62 Å². The zero-order valence-electron chi connectivity index (χ0n) is 15.2. The van der Waals surface area contributed by atoms with Crippen molar-refractivity contribution >= 4 is 44.8 Å². The SMILES string of the molecule is Cc1cccc(CNC(=O)CCCN(c2ccc(Cl)c(Cl)c2)S(C)(=O)=O)c1. The number of anilines is 1. The Morgan fingerprint density at radius 1 is 1.11 bits per heavy atom. The van der Waals surface area contributed by atoms with Gasteiger partial charge in [0.15, 0.2) is 0 Å². The van der Waals surface area contributed by atoms with Gasteiger partial charge < -0.3 is 5.32 Å². The van der Waals surface area contributed by atoms with Crippen LogP contribution in [0.3, 0.4) is 0 Å². The summed E-state index contributed by atoms with van der Waals surface area (Å²) in [5, 5.41) is 3.48. The number of aryl methyl sites for hydroxylation is 1. The van der Waals surface area contributed by atoms with Crippen LogP contribution >= 0.6 is 23.2 Å². The highest BCUT2D eigenvalue weighted by Crippen LogP contribution is 2.28. The summed E-state index contributed by atoms with van der Waals surface area (Å²) >= 11 is 11.9. The number of nitrogens with one attached hydrogen (secondary N) is 1. The van der Waals surface area contributed by atoms with E-state index >= 15 is 0 Å². The topological polar surface area (TPSA) is 66.5 Å². The van der Waals surface area contributed by atoms with Crippen LogP contribution in [0.5, 0.6) is 0 Å². The van der Waals surface area contributed by atoms with Crippen LogP contribution in [-0.2, 0) is 21.4 Å². The number of benzene rings is 2. The van der Waals surface area contributed by atoms with Gasteiger partial charge in [0.25, 0.3) is 0 Å². The maximum Gasteiger partial charge on any atom is 0.232 e. The second kappa shape index (κ2) is 9.44. The monoisotopic (exact) mass is 428 g/mol. The van der Waals surface area contributed by atoms with Gasteiger partial charge >= 0.3 is 0 Å². The molecule has 2 aromatic carbocycles. The highest BCUT2D eigenvalue weighted by molar-refractivity contribution is 7.92. The molecular weight excluding hydrogens is 407 g/mol. The summed E-state index contributed by atoms with van der Waals surface area (Å²) in [6, 6.07) is 12.5. The Hall–Kier alpha value is -1.76. The van der Waals surface area contributed by atoms with E-state index in [1.807, 2.05) is 31.2 Å². The third-order valence-electron chi connectivity index (χ3n) is 3.93. The van der Waals surface area contributed by atoms with Crippen LogP contribution in [0.2, 0.25) is 10.0 Å². The zero-order chi connectivity index (χ0) is 20.0. The van der Waals surface area contributed by atoms with E-state index in [1.54, 1.807) is 12.1 Å². The highest BCUT2D eigenvalue weighted by atomic mass is 35.5. The third kappa shape index (κ3) is 6.72. The maximum absolute atomic E-state index is 12.1. The Morgan fingerprint density at radius 2 is 1.85 bits per heavy atom. The number of carbonyl (C=O) groups is 1. The minimum absolute atomic E-state index is 0.126. The number of sulfonamides is 1. The summed E-state index contributed by atoms with van der Waals surface area (Å²) in [5.41, 5.74) is 2.58. The minimum atomic E-state index is -3.51. The van der Waals surface area contributed by atoms with Gasteiger partial charge in [0.05, 0.1) is 22.0 Å². The van der Waals surface area contributed by atoms with Crippen LogP contribution in [0.4, 0.5) is 5.69 Å². The van der Waals surface area contributed by atoms with Gasteiger partial charge in [0.2, 0.25) is 15.9 Å². The van der Waals surface area contributed by atoms with Crippen molar-refractivity contribution in [3.8, 4) is 0 Å². The van der Waals surface area contributed by atoms with E-state index in [1.165, 1.54) is 10.4 Å². The lowest BCUT2D eigenvalue weighted by atomic mass is 10.1. The molecule has 0 aliphatic heterocycles. The summed E-state index contributed by atoms with van der Waals surface area (Å²) in [6.45, 7) is 2.62. The van der Waals surface area contributed by atoms with Crippen LogP contribution in [0.1, 0.15) is 24.0 Å². The molecule has 0 saturated carbocycles. The lowest BCUT2D eigenvalue weighted by molar-refractivity contribution is -0.121. The van der Waals surface area contributed by atoms with Gasteiger partial charge in [0, 0.05) is 19.5 Å². The first kappa shape index (κ1) is 21.5. The van der Waals surface area contributed by atoms with Gasteiger partial charge in [-0.1, -0.05) is 53.0 Å². The minimum Gasteiger partial charge on any atom is -0.352 e. The van der Waals surface area contributed by atoms with Gasteiger partial charge in [-0.15, -0.1) is 0 Å². The van der Waals surface area contributed by atoms with Crippen LogP contribution in [0.15, 0.2) is 42.5 Å². The number of nitrogens with zero attached hydrogens (tertiary/aromatic N) is 1. The summed E-state index contributed by atoms with van der Waals surface area (Å²) in [6.07, 6.45) is 1.72. The average Bonchev–Trinajstić information content (AvgIpc) is 2.58. The Bertz CT molecular complexity index is 917. The second-order valence-corrected chi connectivity index (χ2v) is 9.02. The molecule has 5 nitrogen and oxygen atoms in total. The fraction of sp³-hybridized carbons (Fsp3) is 0.316. The van der Waals surface area contributed by atoms with Crippen molar-refractivity contribution in [3.05, 3.63) is 63.6 Å². The first-order valence-electron chi connectivity index (χ1n) is 8.42. The molecule has 0 unspecified atom stereocenters. The van der Waals surface area contributed by atoms with Crippen molar-refractivity contribution in [3.63, 3.8) is 0 Å². The molecule has 1 amide bonds. The number of hydrogen-bond donors (Lipinski definition) is 1. The first-order valence-corrected chi connectivity index (χ1v) is 11.0. The quantitative estimate of drug-likeness (QED) is 0.685. The molecule has 1 N–H and O–H groups in total. The Balaban J connectivity index is 1.91. The van der Waals surface area contributed by atoms with Crippen molar-refractivity contribution in [2.24, 2.45) is 0 Å². The Morgan fingerprint density at radius 3 is 2.48 bits per heavy atom. The van der Waals surface area contributed by atoms with E-state index in [9.17, 15) is 13.2 Å². The number of amides is 1. The molecule has 2 rings (SSSR count). The van der Waals surface area contributed by atoms with E-state index in [-0.39, 0.29) is 23.9 Å². The predicted octanol–water partition coefficient (Wildman–Crippen LogP) is 4.16. The van der Waals surface area contributed by atoms with Crippen molar-refractivity contribution in [2.45, 2.75) is 26.3 Å². The molecule has 0 aromatic heterocycles. The fourth-order valence-electron chi connectivity index (χ4n) is 2.62. The molecule has 146 valence electrons.